The first-order chi connectivity index (χ1) is 14.1. The molecule has 8 heteroatoms. The Morgan fingerprint density at radius 2 is 2.07 bits per heavy atom. The summed E-state index contributed by atoms with van der Waals surface area (Å²) in [5, 5.41) is 5.59. The zero-order valence-corrected chi connectivity index (χ0v) is 17.2. The highest BCUT2D eigenvalue weighted by atomic mass is 32.2. The molecule has 5 rings (SSSR count). The van der Waals surface area contributed by atoms with Crippen LogP contribution < -0.4 is 5.56 Å². The lowest BCUT2D eigenvalue weighted by molar-refractivity contribution is -0.132. The molecule has 1 amide bonds. The van der Waals surface area contributed by atoms with Gasteiger partial charge in [0, 0.05) is 25.3 Å². The summed E-state index contributed by atoms with van der Waals surface area (Å²) < 4.78 is 3.43. The van der Waals surface area contributed by atoms with Crippen molar-refractivity contribution < 1.29 is 4.79 Å². The average molecular weight is 410 g/mol. The fraction of sp³-hybridized carbons (Fsp3) is 0.429. The summed E-state index contributed by atoms with van der Waals surface area (Å²) in [5.41, 5.74) is 2.47. The van der Waals surface area contributed by atoms with Gasteiger partial charge in [0.1, 0.15) is 5.39 Å². The molecule has 0 spiro atoms. The van der Waals surface area contributed by atoms with Crippen LogP contribution in [0.5, 0.6) is 0 Å². The number of hydrogen-bond acceptors (Lipinski definition) is 5. The number of aryl methyl sites for hydroxylation is 1. The van der Waals surface area contributed by atoms with Gasteiger partial charge < -0.3 is 4.90 Å². The van der Waals surface area contributed by atoms with Crippen LogP contribution in [-0.4, -0.2) is 49.0 Å². The van der Waals surface area contributed by atoms with E-state index in [4.69, 9.17) is 4.98 Å². The second-order valence-corrected chi connectivity index (χ2v) is 8.80. The smallest absolute Gasteiger partial charge is 0.265 e. The van der Waals surface area contributed by atoms with Crippen molar-refractivity contribution >= 4 is 28.7 Å². The Bertz CT molecular complexity index is 1150. The summed E-state index contributed by atoms with van der Waals surface area (Å²) in [5.74, 6) is 0.845. The first-order valence-electron chi connectivity index (χ1n) is 10.1. The van der Waals surface area contributed by atoms with Crippen molar-refractivity contribution in [3.63, 3.8) is 0 Å². The number of thioether (sulfide) groups is 1. The molecule has 4 heterocycles. The van der Waals surface area contributed by atoms with Crippen LogP contribution in [0.3, 0.4) is 0 Å². The van der Waals surface area contributed by atoms with Crippen molar-refractivity contribution in [1.29, 1.82) is 0 Å². The zero-order chi connectivity index (χ0) is 20.0. The number of rotatable bonds is 3. The molecular weight excluding hydrogens is 386 g/mol. The quantitative estimate of drug-likeness (QED) is 0.622. The van der Waals surface area contributed by atoms with Gasteiger partial charge in [0.15, 0.2) is 10.8 Å². The molecule has 150 valence electrons. The Morgan fingerprint density at radius 3 is 2.86 bits per heavy atom. The summed E-state index contributed by atoms with van der Waals surface area (Å²) >= 11 is 1.54. The molecule has 1 saturated heterocycles. The predicted molar refractivity (Wildman–Crippen MR) is 113 cm³/mol. The topological polar surface area (TPSA) is 73.0 Å². The normalized spacial score (nSPS) is 18.9. The first-order valence-corrected chi connectivity index (χ1v) is 11.1. The maximum Gasteiger partial charge on any atom is 0.265 e. The Balaban J connectivity index is 1.49. The summed E-state index contributed by atoms with van der Waals surface area (Å²) in [6.45, 7) is 3.69. The van der Waals surface area contributed by atoms with Crippen LogP contribution in [0.2, 0.25) is 0 Å². The van der Waals surface area contributed by atoms with Crippen LogP contribution in [-0.2, 0) is 4.79 Å². The van der Waals surface area contributed by atoms with E-state index in [1.807, 2.05) is 36.1 Å². The van der Waals surface area contributed by atoms with E-state index in [2.05, 4.69) is 5.10 Å². The Labute approximate surface area is 172 Å². The molecule has 2 aromatic heterocycles. The Morgan fingerprint density at radius 1 is 1.24 bits per heavy atom. The second kappa shape index (κ2) is 7.33. The number of carbonyl (C=O) groups excluding carboxylic acids is 1. The molecule has 0 saturated carbocycles. The number of hydrogen-bond donors (Lipinski definition) is 0. The van der Waals surface area contributed by atoms with Crippen molar-refractivity contribution in [2.24, 2.45) is 0 Å². The van der Waals surface area contributed by atoms with Crippen LogP contribution in [0.1, 0.15) is 37.3 Å². The van der Waals surface area contributed by atoms with Crippen LogP contribution in [0.25, 0.3) is 16.7 Å². The second-order valence-electron chi connectivity index (χ2n) is 7.81. The predicted octanol–water partition coefficient (Wildman–Crippen LogP) is 2.94. The van der Waals surface area contributed by atoms with Gasteiger partial charge in [-0.15, -0.1) is 0 Å². The molecule has 1 fully saturated rings. The number of amides is 1. The lowest BCUT2D eigenvalue weighted by Crippen LogP contribution is -2.37. The van der Waals surface area contributed by atoms with Gasteiger partial charge in [-0.25, -0.2) is 9.67 Å². The number of aromatic nitrogens is 4. The van der Waals surface area contributed by atoms with E-state index in [0.29, 0.717) is 28.4 Å². The van der Waals surface area contributed by atoms with Gasteiger partial charge >= 0.3 is 0 Å². The number of carbonyl (C=O) groups is 1. The lowest BCUT2D eigenvalue weighted by atomic mass is 10.1. The van der Waals surface area contributed by atoms with E-state index in [0.717, 1.165) is 37.2 Å². The monoisotopic (exact) mass is 409 g/mol. The van der Waals surface area contributed by atoms with Crippen LogP contribution in [0, 0.1) is 6.92 Å². The molecular formula is C21H23N5O2S. The largest absolute Gasteiger partial charge is 0.343 e. The fourth-order valence-corrected chi connectivity index (χ4v) is 5.33. The third-order valence-electron chi connectivity index (χ3n) is 5.74. The summed E-state index contributed by atoms with van der Waals surface area (Å²) in [4.78, 5) is 32.7. The number of nitrogens with zero attached hydrogens (tertiary/aromatic N) is 5. The highest BCUT2D eigenvalue weighted by Crippen LogP contribution is 2.34. The minimum Gasteiger partial charge on any atom is -0.343 e. The van der Waals surface area contributed by atoms with Crippen molar-refractivity contribution in [2.75, 3.05) is 18.8 Å². The third kappa shape index (κ3) is 3.25. The summed E-state index contributed by atoms with van der Waals surface area (Å²) in [6.07, 6.45) is 5.29. The molecule has 0 bridgehead atoms. The van der Waals surface area contributed by atoms with E-state index in [9.17, 15) is 9.59 Å². The van der Waals surface area contributed by atoms with Gasteiger partial charge in [-0.2, -0.15) is 5.10 Å². The van der Waals surface area contributed by atoms with E-state index in [1.54, 1.807) is 27.2 Å². The molecule has 1 aromatic carbocycles. The van der Waals surface area contributed by atoms with E-state index in [1.165, 1.54) is 6.42 Å². The molecule has 1 atom stereocenters. The molecule has 2 aliphatic heterocycles. The highest BCUT2D eigenvalue weighted by molar-refractivity contribution is 7.99. The average Bonchev–Trinajstić information content (AvgIpc) is 3.34. The number of benzene rings is 1. The number of likely N-dealkylation sites (tertiary alicyclic amines) is 1. The maximum atomic E-state index is 13.2. The van der Waals surface area contributed by atoms with Crippen molar-refractivity contribution in [2.45, 2.75) is 43.8 Å². The Hall–Kier alpha value is -2.61. The third-order valence-corrected chi connectivity index (χ3v) is 6.83. The molecule has 0 radical (unpaired) electrons. The minimum absolute atomic E-state index is 0.106. The zero-order valence-electron chi connectivity index (χ0n) is 16.4. The number of fused-ring (bicyclic) bond motifs is 2. The Kier molecular flexibility index (Phi) is 4.66. The molecule has 2 aliphatic rings. The molecule has 7 nitrogen and oxygen atoms in total. The first kappa shape index (κ1) is 18.4. The van der Waals surface area contributed by atoms with Gasteiger partial charge in [0.2, 0.25) is 5.91 Å². The van der Waals surface area contributed by atoms with Crippen LogP contribution in [0.15, 0.2) is 40.4 Å². The van der Waals surface area contributed by atoms with Crippen molar-refractivity contribution in [1.82, 2.24) is 24.2 Å². The molecule has 0 N–H and O–H groups in total. The minimum atomic E-state index is -0.142. The van der Waals surface area contributed by atoms with E-state index < -0.39 is 0 Å². The summed E-state index contributed by atoms with van der Waals surface area (Å²) in [6, 6.07) is 7.83. The van der Waals surface area contributed by atoms with Crippen molar-refractivity contribution in [3.8, 4) is 5.69 Å². The van der Waals surface area contributed by atoms with Gasteiger partial charge in [0.25, 0.3) is 5.56 Å². The standard InChI is InChI=1S/C21H23N5O2S/c1-14-6-5-7-15(10-14)26-19-17(12-22-26)20(28)25-16(13-29-21(25)23-19)11-18(27)24-8-3-2-4-9-24/h5-7,10,12,16H,2-4,8-9,11,13H2,1H3. The SMILES string of the molecule is Cc1cccc(-n2ncc3c(=O)n4c(nc32)SCC4CC(=O)N2CCCCC2)c1. The summed E-state index contributed by atoms with van der Waals surface area (Å²) in [7, 11) is 0. The molecule has 0 aliphatic carbocycles. The lowest BCUT2D eigenvalue weighted by Gasteiger charge is -2.28. The fourth-order valence-electron chi connectivity index (χ4n) is 4.20. The van der Waals surface area contributed by atoms with Gasteiger partial charge in [0.05, 0.1) is 17.9 Å². The van der Waals surface area contributed by atoms with E-state index >= 15 is 0 Å². The van der Waals surface area contributed by atoms with Gasteiger partial charge in [-0.1, -0.05) is 23.9 Å². The highest BCUT2D eigenvalue weighted by Gasteiger charge is 2.31. The molecule has 1 unspecified atom stereocenters. The van der Waals surface area contributed by atoms with Gasteiger partial charge in [-0.05, 0) is 43.9 Å². The maximum absolute atomic E-state index is 13.2. The molecule has 3 aromatic rings. The number of piperidine rings is 1. The van der Waals surface area contributed by atoms with E-state index in [-0.39, 0.29) is 17.5 Å². The van der Waals surface area contributed by atoms with Crippen LogP contribution in [0.4, 0.5) is 0 Å². The van der Waals surface area contributed by atoms with Gasteiger partial charge in [-0.3, -0.25) is 14.2 Å². The van der Waals surface area contributed by atoms with Crippen LogP contribution >= 0.6 is 11.8 Å². The molecule has 29 heavy (non-hydrogen) atoms. The van der Waals surface area contributed by atoms with Crippen molar-refractivity contribution in [3.05, 3.63) is 46.4 Å².